The van der Waals surface area contributed by atoms with E-state index in [-0.39, 0.29) is 16.8 Å². The molecule has 1 amide bonds. The molecule has 0 fully saturated rings. The number of hydrogen-bond donors (Lipinski definition) is 1. The first-order valence-corrected chi connectivity index (χ1v) is 9.28. The smallest absolute Gasteiger partial charge is 0.263 e. The minimum atomic E-state index is -3.21. The molecule has 0 aliphatic rings. The van der Waals surface area contributed by atoms with E-state index < -0.39 is 9.84 Å². The van der Waals surface area contributed by atoms with Gasteiger partial charge in [-0.2, -0.15) is 0 Å². The third-order valence-corrected chi connectivity index (χ3v) is 5.45. The summed E-state index contributed by atoms with van der Waals surface area (Å²) < 4.78 is 22.8. The molecule has 0 saturated heterocycles. The molecule has 0 bridgehead atoms. The highest BCUT2D eigenvalue weighted by atomic mass is 35.5. The predicted octanol–water partition coefficient (Wildman–Crippen LogP) is 3.30. The van der Waals surface area contributed by atoms with E-state index in [2.05, 4.69) is 5.32 Å². The Hall–Kier alpha value is -1.37. The Morgan fingerprint density at radius 2 is 1.86 bits per heavy atom. The fourth-order valence-corrected chi connectivity index (χ4v) is 3.48. The topological polar surface area (TPSA) is 63.2 Å². The Morgan fingerprint density at radius 1 is 1.24 bits per heavy atom. The van der Waals surface area contributed by atoms with E-state index in [0.29, 0.717) is 9.90 Å². The molecule has 4 nitrogen and oxygen atoms in total. The molecule has 1 atom stereocenters. The van der Waals surface area contributed by atoms with Gasteiger partial charge in [0.1, 0.15) is 4.88 Å². The van der Waals surface area contributed by atoms with Crippen LogP contribution in [0.4, 0.5) is 0 Å². The zero-order valence-electron chi connectivity index (χ0n) is 11.5. The third kappa shape index (κ3) is 3.84. The van der Waals surface area contributed by atoms with E-state index in [1.54, 1.807) is 23.6 Å². The van der Waals surface area contributed by atoms with Gasteiger partial charge < -0.3 is 5.32 Å². The monoisotopic (exact) mass is 343 g/mol. The number of halogens is 1. The van der Waals surface area contributed by atoms with E-state index >= 15 is 0 Å². The minimum absolute atomic E-state index is 0.241. The largest absolute Gasteiger partial charge is 0.345 e. The molecule has 0 radical (unpaired) electrons. The summed E-state index contributed by atoms with van der Waals surface area (Å²) >= 11 is 7.20. The van der Waals surface area contributed by atoms with Crippen LogP contribution in [0.2, 0.25) is 5.02 Å². The molecule has 7 heteroatoms. The number of rotatable bonds is 4. The lowest BCUT2D eigenvalue weighted by molar-refractivity contribution is 0.0944. The molecule has 0 aliphatic heterocycles. The number of hydrogen-bond acceptors (Lipinski definition) is 4. The molecule has 0 spiro atoms. The summed E-state index contributed by atoms with van der Waals surface area (Å²) in [4.78, 5) is 12.8. The second-order valence-electron chi connectivity index (χ2n) is 4.63. The Bertz CT molecular complexity index is 751. The number of thiophene rings is 1. The predicted molar refractivity (Wildman–Crippen MR) is 84.8 cm³/mol. The van der Waals surface area contributed by atoms with E-state index in [1.807, 2.05) is 6.92 Å². The van der Waals surface area contributed by atoms with E-state index in [1.165, 1.54) is 23.5 Å². The lowest BCUT2D eigenvalue weighted by Crippen LogP contribution is -2.26. The van der Waals surface area contributed by atoms with Gasteiger partial charge in [-0.25, -0.2) is 8.42 Å². The van der Waals surface area contributed by atoms with E-state index in [0.717, 1.165) is 11.8 Å². The van der Waals surface area contributed by atoms with Crippen molar-refractivity contribution in [3.05, 3.63) is 51.2 Å². The average molecular weight is 344 g/mol. The third-order valence-electron chi connectivity index (χ3n) is 2.98. The first-order chi connectivity index (χ1) is 9.79. The summed E-state index contributed by atoms with van der Waals surface area (Å²) in [7, 11) is -3.21. The van der Waals surface area contributed by atoms with Gasteiger partial charge in [-0.1, -0.05) is 23.7 Å². The van der Waals surface area contributed by atoms with Crippen LogP contribution in [0.25, 0.3) is 0 Å². The van der Waals surface area contributed by atoms with Crippen LogP contribution in [0.3, 0.4) is 0 Å². The normalized spacial score (nSPS) is 12.9. The molecular formula is C14H14ClNO3S2. The molecule has 1 aromatic carbocycles. The standard InChI is InChI=1S/C14H14ClNO3S2/c1-9(16-14(17)13-12(15)7-8-20-13)10-3-5-11(6-4-10)21(2,18)19/h3-9H,1-2H3,(H,16,17). The Morgan fingerprint density at radius 3 is 2.33 bits per heavy atom. The van der Waals surface area contributed by atoms with Crippen LogP contribution in [0.15, 0.2) is 40.6 Å². The second-order valence-corrected chi connectivity index (χ2v) is 7.97. The van der Waals surface area contributed by atoms with Crippen molar-refractivity contribution in [2.24, 2.45) is 0 Å². The molecular weight excluding hydrogens is 330 g/mol. The zero-order valence-corrected chi connectivity index (χ0v) is 13.8. The lowest BCUT2D eigenvalue weighted by atomic mass is 10.1. The van der Waals surface area contributed by atoms with Crippen molar-refractivity contribution in [1.29, 1.82) is 0 Å². The van der Waals surface area contributed by atoms with Crippen molar-refractivity contribution in [2.75, 3.05) is 6.26 Å². The van der Waals surface area contributed by atoms with Crippen molar-refractivity contribution in [1.82, 2.24) is 5.32 Å². The van der Waals surface area contributed by atoms with Gasteiger partial charge in [0.2, 0.25) is 0 Å². The van der Waals surface area contributed by atoms with Gasteiger partial charge >= 0.3 is 0 Å². The molecule has 2 rings (SSSR count). The SMILES string of the molecule is CC(NC(=O)c1sccc1Cl)c1ccc(S(C)(=O)=O)cc1. The van der Waals surface area contributed by atoms with E-state index in [4.69, 9.17) is 11.6 Å². The van der Waals surface area contributed by atoms with Crippen LogP contribution in [-0.2, 0) is 9.84 Å². The first-order valence-electron chi connectivity index (χ1n) is 6.13. The van der Waals surface area contributed by atoms with Gasteiger partial charge in [0.05, 0.1) is 16.0 Å². The molecule has 21 heavy (non-hydrogen) atoms. The number of carbonyl (C=O) groups excluding carboxylic acids is 1. The van der Waals surface area contributed by atoms with Crippen molar-refractivity contribution in [3.63, 3.8) is 0 Å². The summed E-state index contributed by atoms with van der Waals surface area (Å²) in [6, 6.07) is 7.88. The number of amides is 1. The van der Waals surface area contributed by atoms with E-state index in [9.17, 15) is 13.2 Å². The van der Waals surface area contributed by atoms with Crippen molar-refractivity contribution in [3.8, 4) is 0 Å². The van der Waals surface area contributed by atoms with Crippen LogP contribution < -0.4 is 5.32 Å². The number of carbonyl (C=O) groups is 1. The van der Waals surface area contributed by atoms with Crippen molar-refractivity contribution < 1.29 is 13.2 Å². The Balaban J connectivity index is 2.12. The van der Waals surface area contributed by atoms with Crippen LogP contribution in [0, 0.1) is 0 Å². The lowest BCUT2D eigenvalue weighted by Gasteiger charge is -2.14. The summed E-state index contributed by atoms with van der Waals surface area (Å²) in [5.74, 6) is -0.241. The molecule has 0 saturated carbocycles. The first kappa shape index (κ1) is 16.0. The van der Waals surface area contributed by atoms with Gasteiger partial charge in [0.25, 0.3) is 5.91 Å². The zero-order chi connectivity index (χ0) is 15.6. The Kier molecular flexibility index (Phi) is 4.70. The van der Waals surface area contributed by atoms with Gasteiger partial charge in [-0.15, -0.1) is 11.3 Å². The maximum atomic E-state index is 12.1. The van der Waals surface area contributed by atoms with Gasteiger partial charge in [-0.05, 0) is 36.1 Å². The Labute approximate surface area is 132 Å². The highest BCUT2D eigenvalue weighted by Crippen LogP contribution is 2.23. The van der Waals surface area contributed by atoms with Crippen LogP contribution >= 0.6 is 22.9 Å². The van der Waals surface area contributed by atoms with Gasteiger partial charge in [-0.3, -0.25) is 4.79 Å². The highest BCUT2D eigenvalue weighted by Gasteiger charge is 2.16. The maximum Gasteiger partial charge on any atom is 0.263 e. The van der Waals surface area contributed by atoms with Crippen molar-refractivity contribution >= 4 is 38.7 Å². The summed E-state index contributed by atoms with van der Waals surface area (Å²) in [5, 5.41) is 5.02. The van der Waals surface area contributed by atoms with Crippen molar-refractivity contribution in [2.45, 2.75) is 17.9 Å². The highest BCUT2D eigenvalue weighted by molar-refractivity contribution is 7.90. The maximum absolute atomic E-state index is 12.1. The van der Waals surface area contributed by atoms with Crippen LogP contribution in [0.5, 0.6) is 0 Å². The molecule has 1 aromatic heterocycles. The fourth-order valence-electron chi connectivity index (χ4n) is 1.80. The van der Waals surface area contributed by atoms with Gasteiger partial charge in [0, 0.05) is 6.26 Å². The molecule has 1 unspecified atom stereocenters. The summed E-state index contributed by atoms with van der Waals surface area (Å²) in [5.41, 5.74) is 0.823. The van der Waals surface area contributed by atoms with Gasteiger partial charge in [0.15, 0.2) is 9.84 Å². The molecule has 1 heterocycles. The van der Waals surface area contributed by atoms with Crippen LogP contribution in [-0.4, -0.2) is 20.6 Å². The summed E-state index contributed by atoms with van der Waals surface area (Å²) in [6.45, 7) is 1.83. The second kappa shape index (κ2) is 6.17. The van der Waals surface area contributed by atoms with Crippen LogP contribution in [0.1, 0.15) is 28.2 Å². The number of sulfone groups is 1. The fraction of sp³-hybridized carbons (Fsp3) is 0.214. The molecule has 2 aromatic rings. The quantitative estimate of drug-likeness (QED) is 0.926. The molecule has 1 N–H and O–H groups in total. The average Bonchev–Trinajstić information content (AvgIpc) is 2.84. The summed E-state index contributed by atoms with van der Waals surface area (Å²) in [6.07, 6.45) is 1.16. The molecule has 0 aliphatic carbocycles. The molecule has 112 valence electrons. The number of benzene rings is 1. The number of nitrogens with one attached hydrogen (secondary N) is 1. The minimum Gasteiger partial charge on any atom is -0.345 e.